The molecule has 0 aromatic heterocycles. The van der Waals surface area contributed by atoms with E-state index < -0.39 is 16.2 Å². The first-order chi connectivity index (χ1) is 64.7. The lowest BCUT2D eigenvalue weighted by Crippen LogP contribution is -2.42. The molecule has 19 rings (SSSR count). The van der Waals surface area contributed by atoms with Gasteiger partial charge in [-0.2, -0.15) is 0 Å². The summed E-state index contributed by atoms with van der Waals surface area (Å²) >= 11 is 0. The first-order valence-electron chi connectivity index (χ1n) is 53.2. The highest BCUT2D eigenvalue weighted by Gasteiger charge is 2.67. The predicted octanol–water partition coefficient (Wildman–Crippen LogP) is 17.2. The van der Waals surface area contributed by atoms with Crippen molar-refractivity contribution in [2.75, 3.05) is 13.2 Å². The van der Waals surface area contributed by atoms with Gasteiger partial charge in [0, 0.05) is 43.4 Å². The van der Waals surface area contributed by atoms with Crippen molar-refractivity contribution in [3.8, 4) is 0 Å². The highest BCUT2D eigenvalue weighted by molar-refractivity contribution is 5.81. The molecular weight excluding hydrogens is 1780 g/mol. The van der Waals surface area contributed by atoms with Crippen LogP contribution in [0.3, 0.4) is 0 Å². The van der Waals surface area contributed by atoms with E-state index in [9.17, 15) is 52.7 Å². The van der Waals surface area contributed by atoms with Crippen molar-refractivity contribution in [1.82, 2.24) is 0 Å². The highest BCUT2D eigenvalue weighted by atomic mass is 16.7. The van der Waals surface area contributed by atoms with E-state index in [1.807, 2.05) is 173 Å². The van der Waals surface area contributed by atoms with Crippen LogP contribution in [0.25, 0.3) is 0 Å². The summed E-state index contributed by atoms with van der Waals surface area (Å²) in [5.41, 5.74) is -2.82. The molecule has 0 radical (unpaired) electrons. The van der Waals surface area contributed by atoms with Crippen LogP contribution in [0.5, 0.6) is 0 Å². The van der Waals surface area contributed by atoms with Gasteiger partial charge in [0.1, 0.15) is 67.1 Å². The molecule has 0 spiro atoms. The summed E-state index contributed by atoms with van der Waals surface area (Å²) in [4.78, 5) is 130. The summed E-state index contributed by atoms with van der Waals surface area (Å²) in [6, 6.07) is 0. The van der Waals surface area contributed by atoms with E-state index in [1.54, 1.807) is 0 Å². The maximum atomic E-state index is 12.2. The summed E-state index contributed by atoms with van der Waals surface area (Å²) < 4.78 is 106. The van der Waals surface area contributed by atoms with Crippen LogP contribution in [0.2, 0.25) is 0 Å². The molecule has 0 amide bonds. The van der Waals surface area contributed by atoms with Gasteiger partial charge in [-0.25, -0.2) is 0 Å². The van der Waals surface area contributed by atoms with E-state index in [2.05, 4.69) is 13.8 Å². The number of carbonyl (C=O) groups excluding carboxylic acids is 11. The molecule has 19 aliphatic rings. The topological polar surface area (TPSA) is 363 Å². The average Bonchev–Trinajstić information content (AvgIpc) is 1.56. The Hall–Kier alpha value is -6.15. The van der Waals surface area contributed by atoms with Crippen molar-refractivity contribution in [3.05, 3.63) is 0 Å². The van der Waals surface area contributed by atoms with Crippen LogP contribution in [-0.4, -0.2) is 231 Å². The minimum absolute atomic E-state index is 0.000440. The Kier molecular flexibility index (Phi) is 36.3. The number of ether oxygens (including phenoxy) is 19. The second-order valence-corrected chi connectivity index (χ2v) is 47.8. The van der Waals surface area contributed by atoms with E-state index in [1.165, 1.54) is 6.42 Å². The monoisotopic (exact) mass is 1950 g/mol. The van der Waals surface area contributed by atoms with Gasteiger partial charge in [0.15, 0.2) is 0 Å². The molecule has 35 atom stereocenters. The molecule has 30 heteroatoms. The molecule has 0 saturated carbocycles. The van der Waals surface area contributed by atoms with Gasteiger partial charge in [-0.05, 0) is 264 Å². The zero-order chi connectivity index (χ0) is 101. The van der Waals surface area contributed by atoms with Crippen LogP contribution >= 0.6 is 0 Å². The van der Waals surface area contributed by atoms with Crippen molar-refractivity contribution in [3.63, 3.8) is 0 Å². The molecule has 19 heterocycles. The molecule has 19 saturated heterocycles. The van der Waals surface area contributed by atoms with Crippen LogP contribution in [0.4, 0.5) is 0 Å². The van der Waals surface area contributed by atoms with Gasteiger partial charge < -0.3 is 90.0 Å². The average molecular weight is 1950 g/mol. The Morgan fingerprint density at radius 2 is 0.732 bits per heavy atom. The number of carbonyl (C=O) groups is 11. The van der Waals surface area contributed by atoms with Crippen LogP contribution < -0.4 is 0 Å². The summed E-state index contributed by atoms with van der Waals surface area (Å²) in [7, 11) is 0. The minimum Gasteiger partial charge on any atom is -0.465 e. The maximum Gasteiger partial charge on any atom is 0.312 e. The quantitative estimate of drug-likeness (QED) is 0.0476. The molecule has 0 aromatic carbocycles. The first-order valence-corrected chi connectivity index (χ1v) is 53.2. The first kappa shape index (κ1) is 111. The zero-order valence-corrected chi connectivity index (χ0v) is 88.3. The summed E-state index contributed by atoms with van der Waals surface area (Å²) in [6.07, 6.45) is 25.2. The number of fused-ring (bicyclic) bond motifs is 13. The van der Waals surface area contributed by atoms with E-state index >= 15 is 0 Å². The lowest BCUT2D eigenvalue weighted by Gasteiger charge is -2.30. The normalized spacial score (nSPS) is 37.3. The molecule has 0 aromatic rings. The SMILES string of the molecule is CCC(C)(C)C(=O)OC(C)C1C2CC3C(=O)OC1C3O2.CCC(C)(C)C(=O)OC(C)CC1C2CC3C(=O)OC1C3O2.CCC(C)(C)C(=O)OC1CC2CC(C)C1O2.CCC(C)(C)C(=O)OC1CC2CCC1O2.CCC(C)(C)C(=O)OC1CC2OC1CC2C.CCC(C)(C)C(=O)OCC1CC2CCC1O2.CCC(C)(C)C(=O)OCCC1C2CC3C(=O)OC1C3O2.CCC(C)C(=O)OC1CC2CCC1O2. The fraction of sp³-hybridized carbons (Fsp3) is 0.898. The van der Waals surface area contributed by atoms with Gasteiger partial charge in [0.25, 0.3) is 0 Å². The zero-order valence-electron chi connectivity index (χ0n) is 88.3. The second kappa shape index (κ2) is 45.2. The number of rotatable bonds is 30. The summed E-state index contributed by atoms with van der Waals surface area (Å²) in [6.45, 7) is 53.8. The molecule has 35 unspecified atom stereocenters. The van der Waals surface area contributed by atoms with Crippen molar-refractivity contribution in [2.24, 2.45) is 97.1 Å². The van der Waals surface area contributed by atoms with E-state index in [-0.39, 0.29) is 245 Å². The fourth-order valence-corrected chi connectivity index (χ4v) is 22.0. The molecule has 138 heavy (non-hydrogen) atoms. The predicted molar refractivity (Wildman–Crippen MR) is 505 cm³/mol. The van der Waals surface area contributed by atoms with Gasteiger partial charge in [0.05, 0.1) is 166 Å². The van der Waals surface area contributed by atoms with E-state index in [4.69, 9.17) is 90.0 Å². The van der Waals surface area contributed by atoms with E-state index in [0.29, 0.717) is 86.9 Å². The third-order valence-corrected chi connectivity index (χ3v) is 35.1. The molecular formula is C108H172O30. The lowest BCUT2D eigenvalue weighted by atomic mass is 9.79. The molecule has 16 bridgehead atoms. The smallest absolute Gasteiger partial charge is 0.312 e. The molecule has 0 aliphatic carbocycles. The Morgan fingerprint density at radius 3 is 1.16 bits per heavy atom. The van der Waals surface area contributed by atoms with Crippen LogP contribution in [0.1, 0.15) is 354 Å². The van der Waals surface area contributed by atoms with Crippen molar-refractivity contribution < 1.29 is 143 Å². The van der Waals surface area contributed by atoms with Crippen LogP contribution in [-0.2, 0) is 143 Å². The van der Waals surface area contributed by atoms with Crippen molar-refractivity contribution in [2.45, 2.75) is 506 Å². The standard InChI is InChI=1S/C16H24O5.2C15H22O5.3C13H22O3.C12H20O3.C11H18O3/c1-5-16(3,4)15(18)19-8(2)6-9-11-7-10-13(20-11)12(9)21-14(10)17;1-5-15(3,4)14(17)18-7(2)10-9-6-8-11(19-9)12(10)20-13(8)16;1-4-15(2,3)14(17)18-6-5-8-10-7-9-12(19-10)11(8)20-13(9)16;1-5-13(3,4)12(14)16-11-7-9-8(2)6-10(11)15-9;1-5-13(3,4)12(14)16-10-7-9-6-8(2)11(10)15-9;1-4-13(2,3)12(14)15-8-9-7-10-5-6-11(9)16-10;1-4-12(2,3)11(13)15-10-7-8-5-6-9(10)14-8;1-3-7(2)11(12)14-10-6-8-4-5-9(10)13-8/h8-13H,5-7H2,1-4H3;7-12H,5-6H2,1-4H3;8-12H,4-7H2,1-3H3;2*8-11H,5-7H2,1-4H3;9-11H,4-8H2,1-3H3;8-10H,4-7H2,1-3H3;7-10H,3-6H2,1-2H3. The third kappa shape index (κ3) is 25.1. The van der Waals surface area contributed by atoms with Crippen LogP contribution in [0.15, 0.2) is 0 Å². The Balaban J connectivity index is 0.000000142. The summed E-state index contributed by atoms with van der Waals surface area (Å²) in [5, 5.41) is 0. The second-order valence-electron chi connectivity index (χ2n) is 47.8. The third-order valence-electron chi connectivity index (χ3n) is 35.1. The van der Waals surface area contributed by atoms with Crippen LogP contribution in [0, 0.1) is 97.1 Å². The Labute approximate surface area is 821 Å². The maximum absolute atomic E-state index is 12.2. The van der Waals surface area contributed by atoms with E-state index in [0.717, 1.165) is 141 Å². The molecule has 30 nitrogen and oxygen atoms in total. The van der Waals surface area contributed by atoms with Gasteiger partial charge in [-0.15, -0.1) is 0 Å². The highest BCUT2D eigenvalue weighted by Crippen LogP contribution is 2.55. The minimum atomic E-state index is -0.484. The molecule has 19 fully saturated rings. The Morgan fingerprint density at radius 1 is 0.333 bits per heavy atom. The van der Waals surface area contributed by atoms with Gasteiger partial charge in [-0.3, -0.25) is 52.7 Å². The number of hydrogen-bond acceptors (Lipinski definition) is 30. The number of esters is 11. The van der Waals surface area contributed by atoms with Gasteiger partial charge in [0.2, 0.25) is 0 Å². The fourth-order valence-electron chi connectivity index (χ4n) is 22.0. The summed E-state index contributed by atoms with van der Waals surface area (Å²) in [5.74, 6) is 0.425. The number of hydrogen-bond donors (Lipinski definition) is 0. The van der Waals surface area contributed by atoms with Crippen molar-refractivity contribution in [1.29, 1.82) is 0 Å². The van der Waals surface area contributed by atoms with Gasteiger partial charge >= 0.3 is 65.7 Å². The molecule has 19 aliphatic heterocycles. The molecule has 0 N–H and O–H groups in total. The van der Waals surface area contributed by atoms with Gasteiger partial charge in [-0.1, -0.05) is 76.2 Å². The van der Waals surface area contributed by atoms with Crippen molar-refractivity contribution >= 4 is 65.7 Å². The Bertz CT molecular complexity index is 4200. The molecule has 784 valence electrons. The lowest BCUT2D eigenvalue weighted by molar-refractivity contribution is -0.165. The largest absolute Gasteiger partial charge is 0.465 e.